The van der Waals surface area contributed by atoms with E-state index in [0.717, 1.165) is 38.8 Å². The summed E-state index contributed by atoms with van der Waals surface area (Å²) in [6, 6.07) is 22.7. The van der Waals surface area contributed by atoms with E-state index < -0.39 is 6.04 Å². The lowest BCUT2D eigenvalue weighted by atomic mass is 9.93. The smallest absolute Gasteiger partial charge is 0.255 e. The standard InChI is InChI=1S/C31H29ClN4O2S/c1-19-9-14-26(20(2)15-19)35-30(38)28-21(3)34-31-36(29(28)23-10-12-24(32)13-11-23)25(18-39-31)16-27(37)33-17-22-7-5-4-6-8-22/h4-15,18,29H,16-17H2,1-3H3,(H,33,37)(H,35,38)/t29-/m0/s1. The quantitative estimate of drug-likeness (QED) is 0.333. The molecule has 39 heavy (non-hydrogen) atoms. The first-order valence-corrected chi connectivity index (χ1v) is 13.9. The summed E-state index contributed by atoms with van der Waals surface area (Å²) in [6.07, 6.45) is 0.161. The number of benzene rings is 3. The van der Waals surface area contributed by atoms with Crippen LogP contribution in [0.4, 0.5) is 5.69 Å². The van der Waals surface area contributed by atoms with Crippen LogP contribution in [0, 0.1) is 13.8 Å². The van der Waals surface area contributed by atoms with Crippen LogP contribution >= 0.6 is 23.4 Å². The number of hydrogen-bond donors (Lipinski definition) is 2. The van der Waals surface area contributed by atoms with Crippen molar-refractivity contribution in [2.75, 3.05) is 5.32 Å². The molecule has 2 amide bonds. The summed E-state index contributed by atoms with van der Waals surface area (Å²) < 4.78 is 0. The number of nitrogens with zero attached hydrogens (tertiary/aromatic N) is 2. The summed E-state index contributed by atoms with van der Waals surface area (Å²) in [4.78, 5) is 33.6. The van der Waals surface area contributed by atoms with Gasteiger partial charge in [0.25, 0.3) is 5.91 Å². The minimum absolute atomic E-state index is 0.102. The number of amides is 2. The van der Waals surface area contributed by atoms with Crippen LogP contribution in [0.5, 0.6) is 0 Å². The molecule has 198 valence electrons. The molecule has 0 bridgehead atoms. The second kappa shape index (κ2) is 11.5. The predicted octanol–water partition coefficient (Wildman–Crippen LogP) is 6.88. The first kappa shape index (κ1) is 26.8. The monoisotopic (exact) mass is 556 g/mol. The van der Waals surface area contributed by atoms with Crippen molar-refractivity contribution < 1.29 is 9.59 Å². The second-order valence-corrected chi connectivity index (χ2v) is 10.9. The van der Waals surface area contributed by atoms with Gasteiger partial charge in [-0.25, -0.2) is 4.99 Å². The van der Waals surface area contributed by atoms with E-state index in [9.17, 15) is 9.59 Å². The number of nitrogens with one attached hydrogen (secondary N) is 2. The molecule has 0 radical (unpaired) electrons. The molecule has 0 unspecified atom stereocenters. The van der Waals surface area contributed by atoms with Crippen LogP contribution in [-0.4, -0.2) is 21.9 Å². The molecule has 2 N–H and O–H groups in total. The van der Waals surface area contributed by atoms with Crippen LogP contribution in [0.2, 0.25) is 5.02 Å². The minimum atomic E-state index is -0.469. The molecule has 8 heteroatoms. The Morgan fingerprint density at radius 3 is 2.46 bits per heavy atom. The van der Waals surface area contributed by atoms with Crippen LogP contribution in [0.25, 0.3) is 0 Å². The summed E-state index contributed by atoms with van der Waals surface area (Å²) in [7, 11) is 0. The normalized spacial score (nSPS) is 16.4. The van der Waals surface area contributed by atoms with Gasteiger partial charge in [-0.1, -0.05) is 83.5 Å². The Labute approximate surface area is 237 Å². The number of carbonyl (C=O) groups excluding carboxylic acids is 2. The SMILES string of the molecule is CC1=C(C(=O)Nc2ccc(C)cc2C)[C@H](c2ccc(Cl)cc2)N2C(CC(=O)NCc3ccccc3)=CSC2=N1. The molecule has 0 fully saturated rings. The molecular weight excluding hydrogens is 528 g/mol. The average molecular weight is 557 g/mol. The van der Waals surface area contributed by atoms with Gasteiger partial charge in [-0.3, -0.25) is 9.59 Å². The van der Waals surface area contributed by atoms with E-state index in [1.165, 1.54) is 11.8 Å². The van der Waals surface area contributed by atoms with Crippen LogP contribution in [0.1, 0.15) is 41.6 Å². The van der Waals surface area contributed by atoms with Gasteiger partial charge in [0.15, 0.2) is 5.17 Å². The molecule has 0 aliphatic carbocycles. The first-order valence-electron chi connectivity index (χ1n) is 12.7. The average Bonchev–Trinajstić information content (AvgIpc) is 3.31. The molecule has 2 aliphatic rings. The highest BCUT2D eigenvalue weighted by Crippen LogP contribution is 2.45. The van der Waals surface area contributed by atoms with E-state index in [1.54, 1.807) is 0 Å². The van der Waals surface area contributed by atoms with E-state index in [0.29, 0.717) is 22.8 Å². The van der Waals surface area contributed by atoms with E-state index in [2.05, 4.69) is 10.6 Å². The Bertz CT molecular complexity index is 1510. The van der Waals surface area contributed by atoms with Gasteiger partial charge in [0, 0.05) is 23.0 Å². The van der Waals surface area contributed by atoms with Gasteiger partial charge < -0.3 is 15.5 Å². The van der Waals surface area contributed by atoms with E-state index in [1.807, 2.05) is 104 Å². The van der Waals surface area contributed by atoms with Crippen LogP contribution in [0.15, 0.2) is 100 Å². The van der Waals surface area contributed by atoms with Crippen molar-refractivity contribution in [1.82, 2.24) is 10.2 Å². The number of anilines is 1. The third-order valence-electron chi connectivity index (χ3n) is 6.74. The Hall–Kier alpha value is -3.81. The van der Waals surface area contributed by atoms with E-state index in [4.69, 9.17) is 16.6 Å². The number of thioether (sulfide) groups is 1. The third-order valence-corrected chi connectivity index (χ3v) is 7.88. The predicted molar refractivity (Wildman–Crippen MR) is 159 cm³/mol. The van der Waals surface area contributed by atoms with Crippen LogP contribution in [0.3, 0.4) is 0 Å². The Kier molecular flexibility index (Phi) is 7.91. The number of rotatable bonds is 7. The van der Waals surface area contributed by atoms with Gasteiger partial charge in [0.05, 0.1) is 23.7 Å². The summed E-state index contributed by atoms with van der Waals surface area (Å²) in [5.74, 6) is -0.332. The number of allylic oxidation sites excluding steroid dienone is 1. The minimum Gasteiger partial charge on any atom is -0.352 e. The molecule has 0 saturated carbocycles. The highest BCUT2D eigenvalue weighted by molar-refractivity contribution is 8.16. The number of aliphatic imine (C=N–C) groups is 1. The Morgan fingerprint density at radius 1 is 1.00 bits per heavy atom. The van der Waals surface area contributed by atoms with Crippen molar-refractivity contribution in [2.45, 2.75) is 39.8 Å². The molecular formula is C31H29ClN4O2S. The van der Waals surface area contributed by atoms with Gasteiger partial charge >= 0.3 is 0 Å². The highest BCUT2D eigenvalue weighted by atomic mass is 35.5. The van der Waals surface area contributed by atoms with Crippen LogP contribution < -0.4 is 10.6 Å². The number of hydrogen-bond acceptors (Lipinski definition) is 5. The number of halogens is 1. The molecule has 1 atom stereocenters. The Balaban J connectivity index is 1.44. The number of fused-ring (bicyclic) bond motifs is 1. The van der Waals surface area contributed by atoms with Gasteiger partial charge in [-0.05, 0) is 61.1 Å². The summed E-state index contributed by atoms with van der Waals surface area (Å²) in [6.45, 7) is 6.30. The van der Waals surface area contributed by atoms with Gasteiger partial charge in [0.1, 0.15) is 0 Å². The number of aryl methyl sites for hydroxylation is 2. The summed E-state index contributed by atoms with van der Waals surface area (Å²) in [5, 5.41) is 9.40. The topological polar surface area (TPSA) is 73.8 Å². The molecule has 2 aliphatic heterocycles. The van der Waals surface area contributed by atoms with Gasteiger partial charge in [0.2, 0.25) is 5.91 Å². The lowest BCUT2D eigenvalue weighted by Crippen LogP contribution is -2.38. The maximum absolute atomic E-state index is 13.8. The molecule has 3 aromatic rings. The fraction of sp³-hybridized carbons (Fsp3) is 0.194. The van der Waals surface area contributed by atoms with Gasteiger partial charge in [-0.2, -0.15) is 0 Å². The van der Waals surface area contributed by atoms with Crippen molar-refractivity contribution in [3.8, 4) is 0 Å². The molecule has 0 aromatic heterocycles. The number of amidine groups is 1. The maximum Gasteiger partial charge on any atom is 0.255 e. The Morgan fingerprint density at radius 2 is 1.74 bits per heavy atom. The maximum atomic E-state index is 13.8. The van der Waals surface area contributed by atoms with E-state index >= 15 is 0 Å². The molecule has 2 heterocycles. The third kappa shape index (κ3) is 5.95. The van der Waals surface area contributed by atoms with Gasteiger partial charge in [-0.15, -0.1) is 0 Å². The molecule has 0 saturated heterocycles. The van der Waals surface area contributed by atoms with Crippen molar-refractivity contribution in [3.63, 3.8) is 0 Å². The first-order chi connectivity index (χ1) is 18.8. The summed E-state index contributed by atoms with van der Waals surface area (Å²) in [5.41, 5.74) is 6.73. The number of carbonyl (C=O) groups is 2. The van der Waals surface area contributed by atoms with Crippen molar-refractivity contribution >= 4 is 46.0 Å². The van der Waals surface area contributed by atoms with Crippen molar-refractivity contribution in [1.29, 1.82) is 0 Å². The van der Waals surface area contributed by atoms with Crippen LogP contribution in [-0.2, 0) is 16.1 Å². The largest absolute Gasteiger partial charge is 0.352 e. The van der Waals surface area contributed by atoms with Crippen molar-refractivity contribution in [2.24, 2.45) is 4.99 Å². The molecule has 0 spiro atoms. The lowest BCUT2D eigenvalue weighted by Gasteiger charge is -2.36. The molecule has 6 nitrogen and oxygen atoms in total. The summed E-state index contributed by atoms with van der Waals surface area (Å²) >= 11 is 7.67. The lowest BCUT2D eigenvalue weighted by molar-refractivity contribution is -0.120. The fourth-order valence-electron chi connectivity index (χ4n) is 4.79. The highest BCUT2D eigenvalue weighted by Gasteiger charge is 2.40. The van der Waals surface area contributed by atoms with Crippen molar-refractivity contribution in [3.05, 3.63) is 122 Å². The van der Waals surface area contributed by atoms with E-state index in [-0.39, 0.29) is 18.2 Å². The fourth-order valence-corrected chi connectivity index (χ4v) is 5.88. The zero-order valence-electron chi connectivity index (χ0n) is 22.0. The zero-order chi connectivity index (χ0) is 27.5. The molecule has 5 rings (SSSR count). The zero-order valence-corrected chi connectivity index (χ0v) is 23.6. The molecule has 3 aromatic carbocycles. The second-order valence-electron chi connectivity index (χ2n) is 9.66.